The van der Waals surface area contributed by atoms with E-state index in [9.17, 15) is 9.59 Å². The lowest BCUT2D eigenvalue weighted by Crippen LogP contribution is -2.35. The number of thiophene rings is 1. The normalized spacial score (nSPS) is 19.4. The SMILES string of the molecule is Cc1nc2sc(C(=O)NC[C@H]3COCCN(C)C3)c(C)c2c(=O)[nH]1. The van der Waals surface area contributed by atoms with Gasteiger partial charge in [0.2, 0.25) is 0 Å². The summed E-state index contributed by atoms with van der Waals surface area (Å²) in [6, 6.07) is 0. The van der Waals surface area contributed by atoms with Gasteiger partial charge >= 0.3 is 0 Å². The minimum atomic E-state index is -0.191. The monoisotopic (exact) mass is 350 g/mol. The molecule has 24 heavy (non-hydrogen) atoms. The van der Waals surface area contributed by atoms with Gasteiger partial charge in [0.25, 0.3) is 11.5 Å². The highest BCUT2D eigenvalue weighted by molar-refractivity contribution is 7.20. The van der Waals surface area contributed by atoms with Crippen molar-refractivity contribution in [3.8, 4) is 0 Å². The van der Waals surface area contributed by atoms with Gasteiger partial charge < -0.3 is 19.9 Å². The van der Waals surface area contributed by atoms with Crippen LogP contribution >= 0.6 is 11.3 Å². The molecule has 0 bridgehead atoms. The second-order valence-electron chi connectivity index (χ2n) is 6.30. The molecule has 1 atom stereocenters. The van der Waals surface area contributed by atoms with Crippen molar-refractivity contribution in [3.05, 3.63) is 26.6 Å². The number of fused-ring (bicyclic) bond motifs is 1. The highest BCUT2D eigenvalue weighted by Gasteiger charge is 2.21. The number of carbonyl (C=O) groups is 1. The van der Waals surface area contributed by atoms with Crippen LogP contribution in [-0.2, 0) is 4.74 Å². The molecule has 1 aliphatic heterocycles. The number of nitrogens with one attached hydrogen (secondary N) is 2. The molecule has 1 saturated heterocycles. The van der Waals surface area contributed by atoms with Crippen LogP contribution in [0.2, 0.25) is 0 Å². The molecule has 1 amide bonds. The van der Waals surface area contributed by atoms with E-state index in [1.165, 1.54) is 11.3 Å². The molecule has 7 nitrogen and oxygen atoms in total. The molecule has 3 rings (SSSR count). The summed E-state index contributed by atoms with van der Waals surface area (Å²) < 4.78 is 5.57. The van der Waals surface area contributed by atoms with E-state index in [1.54, 1.807) is 13.8 Å². The van der Waals surface area contributed by atoms with E-state index < -0.39 is 0 Å². The fourth-order valence-electron chi connectivity index (χ4n) is 2.96. The van der Waals surface area contributed by atoms with Crippen molar-refractivity contribution in [3.63, 3.8) is 0 Å². The standard InChI is InChI=1S/C16H22N4O3S/c1-9-12-14(21)18-10(2)19-16(12)24-13(9)15(22)17-6-11-7-20(3)4-5-23-8-11/h11H,4-8H2,1-3H3,(H,17,22)(H,18,19,21)/t11-/m1/s1. The predicted octanol–water partition coefficient (Wildman–Crippen LogP) is 0.909. The average molecular weight is 350 g/mol. The van der Waals surface area contributed by atoms with E-state index >= 15 is 0 Å². The van der Waals surface area contributed by atoms with Gasteiger partial charge in [0.05, 0.1) is 23.5 Å². The van der Waals surface area contributed by atoms with Crippen molar-refractivity contribution in [2.45, 2.75) is 13.8 Å². The number of aromatic amines is 1. The molecule has 0 radical (unpaired) electrons. The van der Waals surface area contributed by atoms with Crippen LogP contribution in [-0.4, -0.2) is 60.7 Å². The van der Waals surface area contributed by atoms with Crippen LogP contribution in [0.25, 0.3) is 10.2 Å². The number of hydrogen-bond donors (Lipinski definition) is 2. The van der Waals surface area contributed by atoms with Gasteiger partial charge in [-0.1, -0.05) is 0 Å². The van der Waals surface area contributed by atoms with E-state index in [-0.39, 0.29) is 17.4 Å². The quantitative estimate of drug-likeness (QED) is 0.859. The van der Waals surface area contributed by atoms with E-state index in [4.69, 9.17) is 4.74 Å². The number of ether oxygens (including phenoxy) is 1. The molecule has 0 spiro atoms. The molecule has 3 heterocycles. The largest absolute Gasteiger partial charge is 0.380 e. The Balaban J connectivity index is 1.75. The van der Waals surface area contributed by atoms with Crippen LogP contribution in [0, 0.1) is 19.8 Å². The Labute approximate surface area is 144 Å². The molecule has 0 aromatic carbocycles. The lowest BCUT2D eigenvalue weighted by molar-refractivity contribution is 0.0925. The molecule has 130 valence electrons. The summed E-state index contributed by atoms with van der Waals surface area (Å²) in [6.07, 6.45) is 0. The summed E-state index contributed by atoms with van der Waals surface area (Å²) in [6.45, 7) is 7.26. The van der Waals surface area contributed by atoms with Gasteiger partial charge in [-0.3, -0.25) is 9.59 Å². The van der Waals surface area contributed by atoms with Gasteiger partial charge in [-0.15, -0.1) is 11.3 Å². The summed E-state index contributed by atoms with van der Waals surface area (Å²) in [5, 5.41) is 3.49. The van der Waals surface area contributed by atoms with Gasteiger partial charge in [0, 0.05) is 25.6 Å². The second-order valence-corrected chi connectivity index (χ2v) is 7.30. The van der Waals surface area contributed by atoms with E-state index in [0.717, 1.165) is 19.7 Å². The Hall–Kier alpha value is -1.77. The van der Waals surface area contributed by atoms with E-state index in [2.05, 4.69) is 27.2 Å². The zero-order chi connectivity index (χ0) is 17.3. The Morgan fingerprint density at radius 2 is 2.29 bits per heavy atom. The van der Waals surface area contributed by atoms with Crippen molar-refractivity contribution < 1.29 is 9.53 Å². The number of amides is 1. The first-order valence-electron chi connectivity index (χ1n) is 8.00. The van der Waals surface area contributed by atoms with Gasteiger partial charge in [-0.25, -0.2) is 4.98 Å². The number of rotatable bonds is 3. The fraction of sp³-hybridized carbons (Fsp3) is 0.562. The first-order valence-corrected chi connectivity index (χ1v) is 8.82. The van der Waals surface area contributed by atoms with Gasteiger partial charge in [0.15, 0.2) is 0 Å². The van der Waals surface area contributed by atoms with Gasteiger partial charge in [0.1, 0.15) is 10.7 Å². The first-order chi connectivity index (χ1) is 11.5. The minimum Gasteiger partial charge on any atom is -0.380 e. The molecule has 1 aliphatic rings. The zero-order valence-electron chi connectivity index (χ0n) is 14.1. The fourth-order valence-corrected chi connectivity index (χ4v) is 4.11. The molecular weight excluding hydrogens is 328 g/mol. The van der Waals surface area contributed by atoms with Crippen LogP contribution in [0.5, 0.6) is 0 Å². The van der Waals surface area contributed by atoms with Crippen molar-refractivity contribution in [2.75, 3.05) is 39.9 Å². The molecule has 0 unspecified atom stereocenters. The van der Waals surface area contributed by atoms with Crippen LogP contribution in [0.4, 0.5) is 0 Å². The van der Waals surface area contributed by atoms with E-state index in [1.807, 2.05) is 0 Å². The third kappa shape index (κ3) is 3.50. The molecular formula is C16H22N4O3S. The topological polar surface area (TPSA) is 87.3 Å². The first kappa shape index (κ1) is 17.1. The van der Waals surface area contributed by atoms with Crippen molar-refractivity contribution >= 4 is 27.5 Å². The Morgan fingerprint density at radius 1 is 1.50 bits per heavy atom. The Morgan fingerprint density at radius 3 is 3.08 bits per heavy atom. The predicted molar refractivity (Wildman–Crippen MR) is 93.9 cm³/mol. The summed E-state index contributed by atoms with van der Waals surface area (Å²) >= 11 is 1.27. The van der Waals surface area contributed by atoms with Gasteiger partial charge in [-0.05, 0) is 26.5 Å². The smallest absolute Gasteiger partial charge is 0.261 e. The Bertz CT molecular complexity index is 813. The number of hydrogen-bond acceptors (Lipinski definition) is 6. The molecule has 2 aromatic heterocycles. The molecule has 2 N–H and O–H groups in total. The Kier molecular flexibility index (Phi) is 4.98. The highest BCUT2D eigenvalue weighted by Crippen LogP contribution is 2.26. The minimum absolute atomic E-state index is 0.153. The van der Waals surface area contributed by atoms with Crippen LogP contribution in [0.3, 0.4) is 0 Å². The summed E-state index contributed by atoms with van der Waals surface area (Å²) in [5.74, 6) is 0.665. The third-order valence-corrected chi connectivity index (χ3v) is 5.40. The van der Waals surface area contributed by atoms with Crippen LogP contribution < -0.4 is 10.9 Å². The van der Waals surface area contributed by atoms with Crippen LogP contribution in [0.15, 0.2) is 4.79 Å². The molecule has 1 fully saturated rings. The molecule has 2 aromatic rings. The maximum atomic E-state index is 12.5. The highest BCUT2D eigenvalue weighted by atomic mass is 32.1. The van der Waals surface area contributed by atoms with Crippen molar-refractivity contribution in [2.24, 2.45) is 5.92 Å². The molecule has 0 aliphatic carbocycles. The second kappa shape index (κ2) is 7.00. The van der Waals surface area contributed by atoms with E-state index in [0.29, 0.717) is 39.6 Å². The number of nitrogens with zero attached hydrogens (tertiary/aromatic N) is 2. The maximum absolute atomic E-state index is 12.5. The molecule has 8 heteroatoms. The maximum Gasteiger partial charge on any atom is 0.261 e. The number of aromatic nitrogens is 2. The van der Waals surface area contributed by atoms with Crippen LogP contribution in [0.1, 0.15) is 21.1 Å². The number of H-pyrrole nitrogens is 1. The third-order valence-electron chi connectivity index (χ3n) is 4.22. The lowest BCUT2D eigenvalue weighted by atomic mass is 10.1. The zero-order valence-corrected chi connectivity index (χ0v) is 15.0. The number of likely N-dealkylation sites (N-methyl/N-ethyl adjacent to an activating group) is 1. The number of carbonyl (C=O) groups excluding carboxylic acids is 1. The summed E-state index contributed by atoms with van der Waals surface area (Å²) in [5.41, 5.74) is 0.500. The summed E-state index contributed by atoms with van der Waals surface area (Å²) in [4.78, 5) is 35.0. The number of aryl methyl sites for hydroxylation is 2. The summed E-state index contributed by atoms with van der Waals surface area (Å²) in [7, 11) is 2.06. The molecule has 0 saturated carbocycles. The van der Waals surface area contributed by atoms with Crippen molar-refractivity contribution in [1.29, 1.82) is 0 Å². The van der Waals surface area contributed by atoms with Gasteiger partial charge in [-0.2, -0.15) is 0 Å². The van der Waals surface area contributed by atoms with Crippen molar-refractivity contribution in [1.82, 2.24) is 20.2 Å². The average Bonchev–Trinajstić information content (AvgIpc) is 2.71. The lowest BCUT2D eigenvalue weighted by Gasteiger charge is -2.19.